The maximum atomic E-state index is 12.0. The van der Waals surface area contributed by atoms with Crippen LogP contribution in [0.25, 0.3) is 0 Å². The Labute approximate surface area is 155 Å². The highest BCUT2D eigenvalue weighted by Gasteiger charge is 2.17. The van der Waals surface area contributed by atoms with E-state index in [2.05, 4.69) is 20.6 Å². The van der Waals surface area contributed by atoms with Crippen LogP contribution in [0.2, 0.25) is 0 Å². The first-order valence-electron chi connectivity index (χ1n) is 7.99. The van der Waals surface area contributed by atoms with Crippen LogP contribution in [0.3, 0.4) is 0 Å². The lowest BCUT2D eigenvalue weighted by Gasteiger charge is -2.15. The first-order chi connectivity index (χ1) is 10.8. The van der Waals surface area contributed by atoms with Crippen LogP contribution in [0.15, 0.2) is 29.4 Å². The van der Waals surface area contributed by atoms with Gasteiger partial charge in [0.15, 0.2) is 5.96 Å². The molecule has 7 heteroatoms. The molecule has 0 unspecified atom stereocenters. The van der Waals surface area contributed by atoms with Crippen molar-refractivity contribution in [3.05, 3.63) is 30.1 Å². The van der Waals surface area contributed by atoms with Gasteiger partial charge in [0.2, 0.25) is 5.91 Å². The van der Waals surface area contributed by atoms with Crippen LogP contribution in [0.4, 0.5) is 0 Å². The molecule has 1 fully saturated rings. The largest absolute Gasteiger partial charge is 0.357 e. The molecule has 0 radical (unpaired) electrons. The van der Waals surface area contributed by atoms with Crippen LogP contribution in [-0.2, 0) is 11.2 Å². The second-order valence-corrected chi connectivity index (χ2v) is 5.28. The number of nitrogens with zero attached hydrogens (tertiary/aromatic N) is 3. The molecule has 0 aromatic carbocycles. The first kappa shape index (κ1) is 19.7. The summed E-state index contributed by atoms with van der Waals surface area (Å²) in [4.78, 5) is 22.6. The minimum Gasteiger partial charge on any atom is -0.357 e. The van der Waals surface area contributed by atoms with E-state index in [0.717, 1.165) is 51.1 Å². The molecule has 2 heterocycles. The summed E-state index contributed by atoms with van der Waals surface area (Å²) in [7, 11) is 0. The maximum absolute atomic E-state index is 12.0. The number of aromatic nitrogens is 1. The highest BCUT2D eigenvalue weighted by molar-refractivity contribution is 14.0. The number of amides is 1. The number of guanidine groups is 1. The van der Waals surface area contributed by atoms with E-state index in [4.69, 9.17) is 0 Å². The zero-order chi connectivity index (χ0) is 15.6. The van der Waals surface area contributed by atoms with Crippen LogP contribution >= 0.6 is 24.0 Å². The number of pyridine rings is 1. The molecule has 0 atom stereocenters. The van der Waals surface area contributed by atoms with E-state index in [1.165, 1.54) is 0 Å². The highest BCUT2D eigenvalue weighted by Crippen LogP contribution is 2.07. The predicted octanol–water partition coefficient (Wildman–Crippen LogP) is 1.42. The zero-order valence-corrected chi connectivity index (χ0v) is 16.0. The summed E-state index contributed by atoms with van der Waals surface area (Å²) >= 11 is 0. The van der Waals surface area contributed by atoms with Gasteiger partial charge in [-0.1, -0.05) is 6.07 Å². The van der Waals surface area contributed by atoms with Gasteiger partial charge >= 0.3 is 0 Å². The Morgan fingerprint density at radius 3 is 2.74 bits per heavy atom. The van der Waals surface area contributed by atoms with Crippen molar-refractivity contribution >= 4 is 35.8 Å². The van der Waals surface area contributed by atoms with Gasteiger partial charge in [-0.05, 0) is 31.9 Å². The molecule has 128 valence electrons. The lowest BCUT2D eigenvalue weighted by Crippen LogP contribution is -2.39. The predicted molar refractivity (Wildman–Crippen MR) is 103 cm³/mol. The maximum Gasteiger partial charge on any atom is 0.244 e. The monoisotopic (exact) mass is 431 g/mol. The Morgan fingerprint density at radius 2 is 2.09 bits per heavy atom. The van der Waals surface area contributed by atoms with Gasteiger partial charge < -0.3 is 15.5 Å². The third kappa shape index (κ3) is 7.15. The van der Waals surface area contributed by atoms with Crippen LogP contribution in [0.1, 0.15) is 25.5 Å². The van der Waals surface area contributed by atoms with Gasteiger partial charge in [-0.3, -0.25) is 9.78 Å². The quantitative estimate of drug-likeness (QED) is 0.406. The summed E-state index contributed by atoms with van der Waals surface area (Å²) in [6.45, 7) is 5.47. The molecule has 0 saturated carbocycles. The van der Waals surface area contributed by atoms with Crippen molar-refractivity contribution in [3.63, 3.8) is 0 Å². The van der Waals surface area contributed by atoms with Crippen LogP contribution in [0.5, 0.6) is 0 Å². The van der Waals surface area contributed by atoms with Crippen LogP contribution in [0, 0.1) is 0 Å². The number of carbonyl (C=O) groups excluding carboxylic acids is 1. The summed E-state index contributed by atoms with van der Waals surface area (Å²) in [6, 6.07) is 5.89. The van der Waals surface area contributed by atoms with E-state index >= 15 is 0 Å². The number of carbonyl (C=O) groups is 1. The second-order valence-electron chi connectivity index (χ2n) is 5.28. The van der Waals surface area contributed by atoms with Gasteiger partial charge in [0.1, 0.15) is 6.54 Å². The second kappa shape index (κ2) is 11.2. The molecule has 0 bridgehead atoms. The SMILES string of the molecule is CCNC(=NCC(=O)N1CCCC1)NCCc1ccccn1.I. The van der Waals surface area contributed by atoms with E-state index in [1.807, 2.05) is 30.0 Å². The smallest absolute Gasteiger partial charge is 0.244 e. The summed E-state index contributed by atoms with van der Waals surface area (Å²) in [5.41, 5.74) is 1.04. The molecule has 0 spiro atoms. The van der Waals surface area contributed by atoms with Crippen molar-refractivity contribution < 1.29 is 4.79 Å². The van der Waals surface area contributed by atoms with Crippen molar-refractivity contribution in [2.24, 2.45) is 4.99 Å². The standard InChI is InChI=1S/C16H25N5O.HI/c1-2-17-16(19-10-8-14-7-3-4-9-18-14)20-13-15(22)21-11-5-6-12-21;/h3-4,7,9H,2,5-6,8,10-13H2,1H3,(H2,17,19,20);1H. The Morgan fingerprint density at radius 1 is 1.30 bits per heavy atom. The minimum atomic E-state index is 0. The molecule has 23 heavy (non-hydrogen) atoms. The van der Waals surface area contributed by atoms with Gasteiger partial charge in [0.25, 0.3) is 0 Å². The number of hydrogen-bond donors (Lipinski definition) is 2. The average molecular weight is 431 g/mol. The first-order valence-corrected chi connectivity index (χ1v) is 7.99. The molecule has 1 aromatic heterocycles. The van der Waals surface area contributed by atoms with Crippen molar-refractivity contribution in [2.45, 2.75) is 26.2 Å². The van der Waals surface area contributed by atoms with Crippen molar-refractivity contribution in [1.82, 2.24) is 20.5 Å². The lowest BCUT2D eigenvalue weighted by molar-refractivity contribution is -0.128. The van der Waals surface area contributed by atoms with Crippen molar-refractivity contribution in [3.8, 4) is 0 Å². The summed E-state index contributed by atoms with van der Waals surface area (Å²) in [6.07, 6.45) is 4.84. The molecular weight excluding hydrogens is 405 g/mol. The topological polar surface area (TPSA) is 69.6 Å². The fourth-order valence-electron chi connectivity index (χ4n) is 2.41. The fraction of sp³-hybridized carbons (Fsp3) is 0.562. The lowest BCUT2D eigenvalue weighted by atomic mass is 10.3. The van der Waals surface area contributed by atoms with E-state index in [9.17, 15) is 4.79 Å². The Hall–Kier alpha value is -1.38. The van der Waals surface area contributed by atoms with Gasteiger partial charge in [-0.25, -0.2) is 4.99 Å². The summed E-state index contributed by atoms with van der Waals surface area (Å²) < 4.78 is 0. The Balaban J connectivity index is 0.00000264. The fourth-order valence-corrected chi connectivity index (χ4v) is 2.41. The average Bonchev–Trinajstić information content (AvgIpc) is 3.08. The third-order valence-corrected chi connectivity index (χ3v) is 3.58. The molecular formula is C16H26IN5O. The summed E-state index contributed by atoms with van der Waals surface area (Å²) in [5.74, 6) is 0.797. The third-order valence-electron chi connectivity index (χ3n) is 3.58. The Bertz CT molecular complexity index is 489. The molecule has 1 saturated heterocycles. The zero-order valence-electron chi connectivity index (χ0n) is 13.6. The van der Waals surface area contributed by atoms with Gasteiger partial charge in [0.05, 0.1) is 0 Å². The van der Waals surface area contributed by atoms with Crippen molar-refractivity contribution in [1.29, 1.82) is 0 Å². The van der Waals surface area contributed by atoms with E-state index < -0.39 is 0 Å². The molecule has 0 aliphatic carbocycles. The van der Waals surface area contributed by atoms with Crippen LogP contribution in [-0.4, -0.2) is 54.5 Å². The summed E-state index contributed by atoms with van der Waals surface area (Å²) in [5, 5.41) is 6.41. The van der Waals surface area contributed by atoms with Crippen molar-refractivity contribution in [2.75, 3.05) is 32.7 Å². The number of likely N-dealkylation sites (tertiary alicyclic amines) is 1. The molecule has 2 N–H and O–H groups in total. The molecule has 1 aromatic rings. The molecule has 6 nitrogen and oxygen atoms in total. The molecule has 2 rings (SSSR count). The van der Waals surface area contributed by atoms with E-state index in [-0.39, 0.29) is 36.4 Å². The molecule has 1 aliphatic heterocycles. The van der Waals surface area contributed by atoms with Gasteiger partial charge in [-0.2, -0.15) is 0 Å². The number of hydrogen-bond acceptors (Lipinski definition) is 3. The number of aliphatic imine (C=N–C) groups is 1. The van der Waals surface area contributed by atoms with E-state index in [1.54, 1.807) is 6.20 Å². The van der Waals surface area contributed by atoms with E-state index in [0.29, 0.717) is 5.96 Å². The van der Waals surface area contributed by atoms with Crippen LogP contribution < -0.4 is 10.6 Å². The normalized spacial score (nSPS) is 14.3. The number of rotatable bonds is 6. The number of halogens is 1. The highest BCUT2D eigenvalue weighted by atomic mass is 127. The van der Waals surface area contributed by atoms with Gasteiger partial charge in [-0.15, -0.1) is 24.0 Å². The number of nitrogens with one attached hydrogen (secondary N) is 2. The van der Waals surface area contributed by atoms with Gasteiger partial charge in [0, 0.05) is 44.5 Å². The Kier molecular flexibility index (Phi) is 9.58. The minimum absolute atomic E-state index is 0. The molecule has 1 aliphatic rings. The molecule has 1 amide bonds.